The van der Waals surface area contributed by atoms with Crippen LogP contribution in [0, 0.1) is 17.8 Å². The fourth-order valence-electron chi connectivity index (χ4n) is 1.88. The molecule has 0 aliphatic heterocycles. The van der Waals surface area contributed by atoms with E-state index in [1.807, 2.05) is 22.9 Å². The molecule has 0 unspecified atom stereocenters. The van der Waals surface area contributed by atoms with Crippen molar-refractivity contribution in [3.63, 3.8) is 0 Å². The van der Waals surface area contributed by atoms with Crippen LogP contribution >= 0.6 is 0 Å². The maximum atomic E-state index is 4.92. The van der Waals surface area contributed by atoms with E-state index in [4.69, 9.17) is 4.84 Å². The van der Waals surface area contributed by atoms with E-state index in [1.165, 1.54) is 20.0 Å². The van der Waals surface area contributed by atoms with Crippen LogP contribution in [0.4, 0.5) is 0 Å². The van der Waals surface area contributed by atoms with Crippen LogP contribution in [0.1, 0.15) is 24.1 Å². The van der Waals surface area contributed by atoms with Gasteiger partial charge in [0.05, 0.1) is 12.9 Å². The second-order valence-corrected chi connectivity index (χ2v) is 4.93. The van der Waals surface area contributed by atoms with E-state index in [1.54, 1.807) is 18.7 Å². The van der Waals surface area contributed by atoms with Gasteiger partial charge in [0.1, 0.15) is 18.5 Å². The first kappa shape index (κ1) is 13.4. The summed E-state index contributed by atoms with van der Waals surface area (Å²) in [5.74, 6) is 6.89. The Labute approximate surface area is 123 Å². The van der Waals surface area contributed by atoms with Gasteiger partial charge in [-0.3, -0.25) is 0 Å². The first-order valence-corrected chi connectivity index (χ1v) is 6.89. The van der Waals surface area contributed by atoms with Crippen LogP contribution in [0.15, 0.2) is 42.2 Å². The second kappa shape index (κ2) is 6.23. The molecule has 0 aromatic carbocycles. The zero-order valence-electron chi connectivity index (χ0n) is 11.9. The molecule has 5 nitrogen and oxygen atoms in total. The number of imidazole rings is 1. The molecule has 0 amide bonds. The van der Waals surface area contributed by atoms with Crippen molar-refractivity contribution in [1.82, 2.24) is 14.5 Å². The molecule has 2 aromatic heterocycles. The molecule has 2 heterocycles. The number of hydrogen-bond acceptors (Lipinski definition) is 4. The number of rotatable bonds is 4. The lowest BCUT2D eigenvalue weighted by Crippen LogP contribution is -2.11. The Morgan fingerprint density at radius 3 is 3.00 bits per heavy atom. The number of nitrogens with zero attached hydrogens (tertiary/aromatic N) is 4. The Balaban J connectivity index is 1.76. The number of pyridine rings is 1. The van der Waals surface area contributed by atoms with E-state index < -0.39 is 0 Å². The SMILES string of the molecule is CO/N=C(\Cn1ccnc1)c1ccc(C#CC2CC2)nc1. The summed E-state index contributed by atoms with van der Waals surface area (Å²) in [4.78, 5) is 13.3. The molecular formula is C16H16N4O. The summed E-state index contributed by atoms with van der Waals surface area (Å²) < 4.78 is 1.93. The van der Waals surface area contributed by atoms with Crippen LogP contribution in [0.5, 0.6) is 0 Å². The van der Waals surface area contributed by atoms with Crippen LogP contribution in [0.3, 0.4) is 0 Å². The molecule has 3 rings (SSSR count). The largest absolute Gasteiger partial charge is 0.399 e. The highest BCUT2D eigenvalue weighted by atomic mass is 16.6. The predicted molar refractivity (Wildman–Crippen MR) is 79.6 cm³/mol. The molecule has 1 fully saturated rings. The minimum absolute atomic E-state index is 0.582. The number of aromatic nitrogens is 3. The van der Waals surface area contributed by atoms with Crippen LogP contribution in [0.2, 0.25) is 0 Å². The Kier molecular flexibility index (Phi) is 3.97. The van der Waals surface area contributed by atoms with E-state index in [2.05, 4.69) is 27.0 Å². The van der Waals surface area contributed by atoms with Crippen LogP contribution in [-0.2, 0) is 11.4 Å². The summed E-state index contributed by atoms with van der Waals surface area (Å²) in [7, 11) is 1.54. The summed E-state index contributed by atoms with van der Waals surface area (Å²) in [5, 5.41) is 4.08. The molecule has 1 saturated carbocycles. The van der Waals surface area contributed by atoms with Crippen molar-refractivity contribution < 1.29 is 4.84 Å². The van der Waals surface area contributed by atoms with Gasteiger partial charge in [-0.2, -0.15) is 0 Å². The highest BCUT2D eigenvalue weighted by Gasteiger charge is 2.17. The minimum atomic E-state index is 0.582. The molecule has 5 heteroatoms. The summed E-state index contributed by atoms with van der Waals surface area (Å²) in [5.41, 5.74) is 2.51. The van der Waals surface area contributed by atoms with E-state index >= 15 is 0 Å². The van der Waals surface area contributed by atoms with Crippen molar-refractivity contribution in [1.29, 1.82) is 0 Å². The zero-order chi connectivity index (χ0) is 14.5. The predicted octanol–water partition coefficient (Wildman–Crippen LogP) is 2.09. The van der Waals surface area contributed by atoms with E-state index in [-0.39, 0.29) is 0 Å². The Morgan fingerprint density at radius 2 is 2.38 bits per heavy atom. The lowest BCUT2D eigenvalue weighted by molar-refractivity contribution is 0.212. The third kappa shape index (κ3) is 3.69. The summed E-state index contributed by atoms with van der Waals surface area (Å²) in [6.07, 6.45) is 9.59. The normalized spacial score (nSPS) is 14.4. The molecule has 0 spiro atoms. The summed E-state index contributed by atoms with van der Waals surface area (Å²) in [6.45, 7) is 0.586. The Morgan fingerprint density at radius 1 is 1.48 bits per heavy atom. The third-order valence-electron chi connectivity index (χ3n) is 3.17. The van der Waals surface area contributed by atoms with Crippen LogP contribution in [0.25, 0.3) is 0 Å². The van der Waals surface area contributed by atoms with E-state index in [0.717, 1.165) is 17.0 Å². The van der Waals surface area contributed by atoms with Gasteiger partial charge in [0.25, 0.3) is 0 Å². The summed E-state index contributed by atoms with van der Waals surface area (Å²) in [6, 6.07) is 3.89. The second-order valence-electron chi connectivity index (χ2n) is 4.93. The molecular weight excluding hydrogens is 264 g/mol. The molecule has 106 valence electrons. The van der Waals surface area contributed by atoms with Crippen molar-refractivity contribution >= 4 is 5.71 Å². The van der Waals surface area contributed by atoms with Gasteiger partial charge in [0.2, 0.25) is 0 Å². The molecule has 21 heavy (non-hydrogen) atoms. The van der Waals surface area contributed by atoms with Gasteiger partial charge < -0.3 is 9.40 Å². The minimum Gasteiger partial charge on any atom is -0.399 e. The molecule has 0 radical (unpaired) electrons. The van der Waals surface area contributed by atoms with Gasteiger partial charge >= 0.3 is 0 Å². The topological polar surface area (TPSA) is 52.3 Å². The van der Waals surface area contributed by atoms with Crippen molar-refractivity contribution in [2.24, 2.45) is 11.1 Å². The smallest absolute Gasteiger partial charge is 0.113 e. The van der Waals surface area contributed by atoms with Crippen molar-refractivity contribution in [2.45, 2.75) is 19.4 Å². The van der Waals surface area contributed by atoms with Gasteiger partial charge in [0.15, 0.2) is 0 Å². The fourth-order valence-corrected chi connectivity index (χ4v) is 1.88. The van der Waals surface area contributed by atoms with Gasteiger partial charge in [-0.1, -0.05) is 11.1 Å². The highest BCUT2D eigenvalue weighted by Crippen LogP contribution is 2.27. The fraction of sp³-hybridized carbons (Fsp3) is 0.312. The summed E-state index contributed by atoms with van der Waals surface area (Å²) >= 11 is 0. The van der Waals surface area contributed by atoms with E-state index in [9.17, 15) is 0 Å². The van der Waals surface area contributed by atoms with Gasteiger partial charge in [-0.25, -0.2) is 9.97 Å². The lowest BCUT2D eigenvalue weighted by Gasteiger charge is -2.06. The van der Waals surface area contributed by atoms with Gasteiger partial charge in [0, 0.05) is 30.1 Å². The Bertz CT molecular complexity index is 673. The van der Waals surface area contributed by atoms with Crippen LogP contribution in [-0.4, -0.2) is 27.4 Å². The quantitative estimate of drug-likeness (QED) is 0.489. The maximum absolute atomic E-state index is 4.92. The van der Waals surface area contributed by atoms with Crippen molar-refractivity contribution in [3.8, 4) is 11.8 Å². The Hall–Kier alpha value is -2.61. The molecule has 0 atom stereocenters. The third-order valence-corrected chi connectivity index (χ3v) is 3.17. The zero-order valence-corrected chi connectivity index (χ0v) is 11.9. The number of oxime groups is 1. The average molecular weight is 280 g/mol. The average Bonchev–Trinajstić information content (AvgIpc) is 3.21. The molecule has 0 N–H and O–H groups in total. The van der Waals surface area contributed by atoms with Crippen molar-refractivity contribution in [2.75, 3.05) is 7.11 Å². The first-order valence-electron chi connectivity index (χ1n) is 6.89. The van der Waals surface area contributed by atoms with Crippen molar-refractivity contribution in [3.05, 3.63) is 48.3 Å². The van der Waals surface area contributed by atoms with E-state index in [0.29, 0.717) is 12.5 Å². The molecule has 2 aromatic rings. The maximum Gasteiger partial charge on any atom is 0.113 e. The molecule has 0 bridgehead atoms. The van der Waals surface area contributed by atoms with Gasteiger partial charge in [-0.15, -0.1) is 0 Å². The lowest BCUT2D eigenvalue weighted by atomic mass is 10.1. The highest BCUT2D eigenvalue weighted by molar-refractivity contribution is 5.99. The molecule has 1 aliphatic rings. The molecule has 0 saturated heterocycles. The van der Waals surface area contributed by atoms with Gasteiger partial charge in [-0.05, 0) is 30.9 Å². The molecule has 1 aliphatic carbocycles. The van der Waals surface area contributed by atoms with Crippen LogP contribution < -0.4 is 0 Å². The standard InChI is InChI=1S/C16H16N4O/c1-21-19-16(11-20-9-8-17-12-20)14-5-7-15(18-10-14)6-4-13-2-3-13/h5,7-10,12-13H,2-3,11H2,1H3/b19-16+. The number of hydrogen-bond donors (Lipinski definition) is 0. The first-order chi connectivity index (χ1) is 10.3. The monoisotopic (exact) mass is 280 g/mol.